The fourth-order valence-corrected chi connectivity index (χ4v) is 11.4. The van der Waals surface area contributed by atoms with Crippen LogP contribution in [0.5, 0.6) is 5.75 Å². The van der Waals surface area contributed by atoms with Crippen molar-refractivity contribution in [1.29, 1.82) is 0 Å². The van der Waals surface area contributed by atoms with Crippen LogP contribution in [0.1, 0.15) is 134 Å². The summed E-state index contributed by atoms with van der Waals surface area (Å²) in [6.45, 7) is 16.1. The van der Waals surface area contributed by atoms with Crippen LogP contribution in [-0.4, -0.2) is 92.2 Å². The molecule has 4 aromatic rings. The van der Waals surface area contributed by atoms with Gasteiger partial charge in [-0.1, -0.05) is 99.9 Å². The minimum Gasteiger partial charge on any atom is -0.494 e. The van der Waals surface area contributed by atoms with E-state index in [0.29, 0.717) is 69.8 Å². The molecule has 1 amide bonds. The van der Waals surface area contributed by atoms with Gasteiger partial charge in [-0.3, -0.25) is 23.8 Å². The third-order valence-electron chi connectivity index (χ3n) is 14.9. The van der Waals surface area contributed by atoms with Crippen molar-refractivity contribution in [2.45, 2.75) is 135 Å². The maximum Gasteiger partial charge on any atom is 0.264 e. The van der Waals surface area contributed by atoms with Crippen LogP contribution in [0.3, 0.4) is 0 Å². The summed E-state index contributed by atoms with van der Waals surface area (Å²) in [6, 6.07) is 25.3. The third kappa shape index (κ3) is 14.9. The van der Waals surface area contributed by atoms with Gasteiger partial charge in [0.15, 0.2) is 5.71 Å². The summed E-state index contributed by atoms with van der Waals surface area (Å²) < 4.78 is 40.4. The molecule has 0 bridgehead atoms. The zero-order valence-electron chi connectivity index (χ0n) is 44.4. The molecule has 0 spiro atoms. The van der Waals surface area contributed by atoms with Gasteiger partial charge in [-0.05, 0) is 120 Å². The number of anilines is 3. The molecule has 398 valence electrons. The molecule has 0 aromatic heterocycles. The standard InChI is InChI=1S/C60H80N6O7S/c1-59(2)48-28-13-15-30-50(48)65(52(59)32-10-7-11-33-53-60(3,4)49-29-14-16-31-51(49)66(53)41-22-23-43-74(70,71)72)40-21-8-12-34-54(67)61-35-17-5-6-18-36-62-55-56(58(69)57(55)68)63-37-25-42-73-47-27-24-26-46(44-47)45-64-38-19-9-20-39-64/h7,10-11,13-16,24,26-33,44H,5-6,8-9,12,17-23,25,34-43,45H2,1-4H3,(H3-,61,62,63,67,68,69,70,71,72)/p+1. The minimum absolute atomic E-state index is 0.0884. The number of rotatable bonds is 30. The largest absolute Gasteiger partial charge is 0.494 e. The number of hydrogen-bond acceptors (Lipinski definition) is 10. The lowest BCUT2D eigenvalue weighted by Crippen LogP contribution is -2.37. The number of nitrogens with zero attached hydrogens (tertiary/aromatic N) is 3. The monoisotopic (exact) mass is 1030 g/mol. The van der Waals surface area contributed by atoms with Gasteiger partial charge in [0, 0.05) is 80.1 Å². The van der Waals surface area contributed by atoms with Crippen LogP contribution < -0.4 is 36.4 Å². The highest BCUT2D eigenvalue weighted by molar-refractivity contribution is 7.85. The van der Waals surface area contributed by atoms with Crippen LogP contribution in [0, 0.1) is 0 Å². The topological polar surface area (TPSA) is 160 Å². The van der Waals surface area contributed by atoms with Crippen molar-refractivity contribution in [3.63, 3.8) is 0 Å². The second-order valence-electron chi connectivity index (χ2n) is 21.3. The van der Waals surface area contributed by atoms with E-state index in [0.717, 1.165) is 88.3 Å². The number of nitrogens with one attached hydrogen (secondary N) is 3. The predicted octanol–water partition coefficient (Wildman–Crippen LogP) is 10.3. The lowest BCUT2D eigenvalue weighted by molar-refractivity contribution is -0.438. The Morgan fingerprint density at radius 2 is 1.42 bits per heavy atom. The van der Waals surface area contributed by atoms with Crippen molar-refractivity contribution < 1.29 is 27.1 Å². The summed E-state index contributed by atoms with van der Waals surface area (Å²) in [7, 11) is -3.99. The van der Waals surface area contributed by atoms with Crippen molar-refractivity contribution in [3.8, 4) is 5.75 Å². The number of ether oxygens (including phenoxy) is 1. The van der Waals surface area contributed by atoms with Gasteiger partial charge in [-0.2, -0.15) is 13.0 Å². The molecule has 7 rings (SSSR count). The average molecular weight is 1030 g/mol. The number of allylic oxidation sites excluding steroid dienone is 6. The molecule has 3 aliphatic heterocycles. The zero-order valence-corrected chi connectivity index (χ0v) is 45.2. The van der Waals surface area contributed by atoms with Gasteiger partial charge in [0.2, 0.25) is 11.6 Å². The van der Waals surface area contributed by atoms with Gasteiger partial charge in [0.05, 0.1) is 17.8 Å². The van der Waals surface area contributed by atoms with E-state index in [4.69, 9.17) is 4.74 Å². The highest BCUT2D eigenvalue weighted by Gasteiger charge is 2.44. The van der Waals surface area contributed by atoms with Crippen molar-refractivity contribution >= 4 is 44.5 Å². The Hall–Kier alpha value is -5.83. The van der Waals surface area contributed by atoms with E-state index in [-0.39, 0.29) is 22.5 Å². The number of para-hydroxylation sites is 2. The van der Waals surface area contributed by atoms with Crippen molar-refractivity contribution in [1.82, 2.24) is 10.2 Å². The Kier molecular flexibility index (Phi) is 20.1. The number of hydrogen-bond donors (Lipinski definition) is 4. The number of carbonyl (C=O) groups excluding carboxylic acids is 1. The second-order valence-corrected chi connectivity index (χ2v) is 22.9. The van der Waals surface area contributed by atoms with Crippen LogP contribution in [0.2, 0.25) is 0 Å². The molecule has 0 unspecified atom stereocenters. The summed E-state index contributed by atoms with van der Waals surface area (Å²) in [4.78, 5) is 42.1. The molecule has 0 aliphatic carbocycles. The van der Waals surface area contributed by atoms with E-state index in [2.05, 4.69) is 143 Å². The maximum absolute atomic E-state index is 12.7. The SMILES string of the molecule is CC1(C)C(/C=C/C=C/C=C2/N(CCCCS(=O)(=O)O)c3ccccc3C2(C)C)=[N+](CCCCCC(=O)NCCCCCCNc2c(NCCCOc3cccc(CN4CCCCC4)c3)c(=O)c2=O)c2ccccc21. The molecular formula is C60H81N6O7S+. The van der Waals surface area contributed by atoms with Crippen LogP contribution in [0.25, 0.3) is 0 Å². The first-order valence-electron chi connectivity index (χ1n) is 27.3. The predicted molar refractivity (Wildman–Crippen MR) is 302 cm³/mol. The van der Waals surface area contributed by atoms with Gasteiger partial charge in [0.25, 0.3) is 21.0 Å². The van der Waals surface area contributed by atoms with E-state index in [1.807, 2.05) is 18.2 Å². The average Bonchev–Trinajstić information content (AvgIpc) is 3.73. The smallest absolute Gasteiger partial charge is 0.264 e. The molecule has 0 radical (unpaired) electrons. The van der Waals surface area contributed by atoms with Crippen LogP contribution in [0.15, 0.2) is 118 Å². The summed E-state index contributed by atoms with van der Waals surface area (Å²) in [5.74, 6) is 0.705. The Labute approximate surface area is 440 Å². The van der Waals surface area contributed by atoms with E-state index < -0.39 is 21.0 Å². The molecule has 0 saturated carbocycles. The maximum atomic E-state index is 12.7. The summed E-state index contributed by atoms with van der Waals surface area (Å²) in [5, 5.41) is 9.42. The van der Waals surface area contributed by atoms with Crippen molar-refractivity contribution in [3.05, 3.63) is 146 Å². The number of carbonyl (C=O) groups is 1. The minimum atomic E-state index is -3.99. The quantitative estimate of drug-likeness (QED) is 0.0129. The first-order valence-corrected chi connectivity index (χ1v) is 28.9. The Bertz CT molecular complexity index is 2830. The molecule has 4 N–H and O–H groups in total. The Balaban J connectivity index is 0.780. The first-order chi connectivity index (χ1) is 35.6. The van der Waals surface area contributed by atoms with E-state index in [1.54, 1.807) is 0 Å². The molecule has 13 nitrogen and oxygen atoms in total. The summed E-state index contributed by atoms with van der Waals surface area (Å²) >= 11 is 0. The Morgan fingerprint density at radius 3 is 2.18 bits per heavy atom. The van der Waals surface area contributed by atoms with Gasteiger partial charge in [-0.15, -0.1) is 0 Å². The van der Waals surface area contributed by atoms with Crippen LogP contribution >= 0.6 is 0 Å². The molecule has 1 saturated heterocycles. The number of unbranched alkanes of at least 4 members (excludes halogenated alkanes) is 6. The number of amides is 1. The number of benzene rings is 3. The van der Waals surface area contributed by atoms with Gasteiger partial charge < -0.3 is 25.6 Å². The normalized spacial score (nSPS) is 16.9. The molecule has 4 aromatic carbocycles. The fourth-order valence-electron chi connectivity index (χ4n) is 10.9. The fraction of sp³-hybridized carbons (Fsp3) is 0.500. The Morgan fingerprint density at radius 1 is 0.730 bits per heavy atom. The van der Waals surface area contributed by atoms with Crippen molar-refractivity contribution in [2.75, 3.05) is 73.7 Å². The molecule has 0 atom stereocenters. The van der Waals surface area contributed by atoms with Crippen LogP contribution in [-0.2, 0) is 32.3 Å². The van der Waals surface area contributed by atoms with E-state index in [1.165, 1.54) is 47.4 Å². The van der Waals surface area contributed by atoms with E-state index in [9.17, 15) is 27.4 Å². The van der Waals surface area contributed by atoms with Gasteiger partial charge in [-0.25, -0.2) is 0 Å². The number of fused-ring (bicyclic) bond motifs is 2. The zero-order chi connectivity index (χ0) is 52.6. The number of piperidine rings is 1. The lowest BCUT2D eigenvalue weighted by atomic mass is 9.81. The molecule has 3 heterocycles. The third-order valence-corrected chi connectivity index (χ3v) is 15.7. The van der Waals surface area contributed by atoms with E-state index >= 15 is 0 Å². The van der Waals surface area contributed by atoms with Gasteiger partial charge >= 0.3 is 0 Å². The van der Waals surface area contributed by atoms with Gasteiger partial charge in [0.1, 0.15) is 23.7 Å². The lowest BCUT2D eigenvalue weighted by Gasteiger charge is -2.27. The summed E-state index contributed by atoms with van der Waals surface area (Å²) in [6.07, 6.45) is 23.1. The van der Waals surface area contributed by atoms with Crippen LogP contribution in [0.4, 0.5) is 22.7 Å². The first kappa shape index (κ1) is 55.9. The molecular weight excluding hydrogens is 949 g/mol. The highest BCUT2D eigenvalue weighted by Crippen LogP contribution is 2.47. The molecule has 3 aliphatic rings. The highest BCUT2D eigenvalue weighted by atomic mass is 32.2. The number of likely N-dealkylation sites (tertiary alicyclic amines) is 1. The summed E-state index contributed by atoms with van der Waals surface area (Å²) in [5.41, 5.74) is 7.93. The molecule has 14 heteroatoms. The van der Waals surface area contributed by atoms with Crippen molar-refractivity contribution in [2.24, 2.45) is 0 Å². The molecule has 1 fully saturated rings. The molecule has 74 heavy (non-hydrogen) atoms. The second kappa shape index (κ2) is 26.6.